The summed E-state index contributed by atoms with van der Waals surface area (Å²) >= 11 is 5.87. The average Bonchev–Trinajstić information content (AvgIpc) is 2.76. The first-order valence-electron chi connectivity index (χ1n) is 5.12. The van der Waals surface area contributed by atoms with E-state index in [9.17, 15) is 0 Å². The smallest absolute Gasteiger partial charge is 0.245 e. The Hall–Kier alpha value is -1.43. The number of hydrogen-bond donors (Lipinski definition) is 2. The molecule has 90 valence electrons. The summed E-state index contributed by atoms with van der Waals surface area (Å²) in [6, 6.07) is 6.79. The SMILES string of the molecule is N[C@@H](CO)c1nc(Cc2cccc(Cl)c2)no1. The summed E-state index contributed by atoms with van der Waals surface area (Å²) < 4.78 is 4.94. The minimum Gasteiger partial charge on any atom is -0.394 e. The van der Waals surface area contributed by atoms with E-state index in [2.05, 4.69) is 10.1 Å². The molecule has 0 aliphatic carbocycles. The Morgan fingerprint density at radius 2 is 2.29 bits per heavy atom. The van der Waals surface area contributed by atoms with Gasteiger partial charge in [0.2, 0.25) is 5.89 Å². The first-order chi connectivity index (χ1) is 8.19. The van der Waals surface area contributed by atoms with Crippen molar-refractivity contribution in [3.63, 3.8) is 0 Å². The number of hydrogen-bond acceptors (Lipinski definition) is 5. The van der Waals surface area contributed by atoms with Crippen molar-refractivity contribution in [1.29, 1.82) is 0 Å². The molecule has 1 aromatic carbocycles. The predicted molar refractivity (Wildman–Crippen MR) is 62.6 cm³/mol. The molecule has 6 heteroatoms. The van der Waals surface area contributed by atoms with Crippen LogP contribution in [0.1, 0.15) is 23.3 Å². The van der Waals surface area contributed by atoms with Crippen LogP contribution in [0, 0.1) is 0 Å². The summed E-state index contributed by atoms with van der Waals surface area (Å²) in [6.45, 7) is -0.223. The monoisotopic (exact) mass is 253 g/mol. The maximum atomic E-state index is 8.85. The third-order valence-corrected chi connectivity index (χ3v) is 2.48. The summed E-state index contributed by atoms with van der Waals surface area (Å²) in [5.74, 6) is 0.760. The van der Waals surface area contributed by atoms with Crippen molar-refractivity contribution in [2.24, 2.45) is 5.73 Å². The van der Waals surface area contributed by atoms with Gasteiger partial charge in [0.25, 0.3) is 0 Å². The quantitative estimate of drug-likeness (QED) is 0.858. The first-order valence-corrected chi connectivity index (χ1v) is 5.50. The standard InChI is InChI=1S/C11H12ClN3O2/c12-8-3-1-2-7(4-8)5-10-14-11(17-15-10)9(13)6-16/h1-4,9,16H,5-6,13H2/t9-/m0/s1. The second-order valence-corrected chi connectivity index (χ2v) is 4.08. The van der Waals surface area contributed by atoms with Crippen LogP contribution in [0.15, 0.2) is 28.8 Å². The molecular weight excluding hydrogens is 242 g/mol. The molecule has 0 saturated carbocycles. The van der Waals surface area contributed by atoms with E-state index in [1.54, 1.807) is 6.07 Å². The highest BCUT2D eigenvalue weighted by atomic mass is 35.5. The van der Waals surface area contributed by atoms with Crippen LogP contribution in [0.25, 0.3) is 0 Å². The molecule has 0 bridgehead atoms. The second-order valence-electron chi connectivity index (χ2n) is 3.64. The minimum atomic E-state index is -0.629. The van der Waals surface area contributed by atoms with Crippen molar-refractivity contribution in [2.45, 2.75) is 12.5 Å². The van der Waals surface area contributed by atoms with Gasteiger partial charge in [-0.25, -0.2) is 0 Å². The highest BCUT2D eigenvalue weighted by Crippen LogP contribution is 2.14. The number of rotatable bonds is 4. The highest BCUT2D eigenvalue weighted by Gasteiger charge is 2.13. The summed E-state index contributed by atoms with van der Waals surface area (Å²) in [4.78, 5) is 4.10. The van der Waals surface area contributed by atoms with Crippen molar-refractivity contribution >= 4 is 11.6 Å². The normalized spacial score (nSPS) is 12.6. The van der Waals surface area contributed by atoms with Gasteiger partial charge in [0.05, 0.1) is 6.61 Å². The van der Waals surface area contributed by atoms with E-state index in [4.69, 9.17) is 27.0 Å². The fourth-order valence-corrected chi connectivity index (χ4v) is 1.61. The van der Waals surface area contributed by atoms with Gasteiger partial charge in [-0.3, -0.25) is 0 Å². The molecule has 0 amide bonds. The van der Waals surface area contributed by atoms with Gasteiger partial charge in [0, 0.05) is 11.4 Å². The average molecular weight is 254 g/mol. The molecule has 0 radical (unpaired) electrons. The van der Waals surface area contributed by atoms with E-state index in [0.717, 1.165) is 5.56 Å². The zero-order chi connectivity index (χ0) is 12.3. The van der Waals surface area contributed by atoms with Crippen molar-refractivity contribution < 1.29 is 9.63 Å². The Morgan fingerprint density at radius 3 is 3.00 bits per heavy atom. The lowest BCUT2D eigenvalue weighted by atomic mass is 10.1. The molecule has 0 unspecified atom stereocenters. The highest BCUT2D eigenvalue weighted by molar-refractivity contribution is 6.30. The van der Waals surface area contributed by atoms with Gasteiger partial charge in [-0.15, -0.1) is 0 Å². The molecule has 17 heavy (non-hydrogen) atoms. The van der Waals surface area contributed by atoms with Gasteiger partial charge in [-0.05, 0) is 17.7 Å². The maximum Gasteiger partial charge on any atom is 0.245 e. The summed E-state index contributed by atoms with van der Waals surface area (Å²) in [5, 5.41) is 13.3. The number of benzene rings is 1. The Bertz CT molecular complexity index is 501. The third-order valence-electron chi connectivity index (χ3n) is 2.25. The molecular formula is C11H12ClN3O2. The van der Waals surface area contributed by atoms with E-state index in [1.807, 2.05) is 18.2 Å². The van der Waals surface area contributed by atoms with Crippen molar-refractivity contribution in [2.75, 3.05) is 6.61 Å². The lowest BCUT2D eigenvalue weighted by Crippen LogP contribution is -2.14. The molecule has 5 nitrogen and oxygen atoms in total. The van der Waals surface area contributed by atoms with E-state index in [0.29, 0.717) is 17.3 Å². The van der Waals surface area contributed by atoms with E-state index >= 15 is 0 Å². The predicted octanol–water partition coefficient (Wildman–Crippen LogP) is 1.31. The van der Waals surface area contributed by atoms with Gasteiger partial charge in [0.15, 0.2) is 5.82 Å². The fourth-order valence-electron chi connectivity index (χ4n) is 1.40. The van der Waals surface area contributed by atoms with Crippen LogP contribution in [0.3, 0.4) is 0 Å². The van der Waals surface area contributed by atoms with Gasteiger partial charge >= 0.3 is 0 Å². The van der Waals surface area contributed by atoms with Gasteiger partial charge in [-0.1, -0.05) is 28.9 Å². The zero-order valence-corrected chi connectivity index (χ0v) is 9.76. The molecule has 0 saturated heterocycles. The van der Waals surface area contributed by atoms with Crippen LogP contribution < -0.4 is 5.73 Å². The van der Waals surface area contributed by atoms with Crippen molar-refractivity contribution in [3.05, 3.63) is 46.6 Å². The van der Waals surface area contributed by atoms with Gasteiger partial charge in [0.1, 0.15) is 6.04 Å². The van der Waals surface area contributed by atoms with Gasteiger partial charge in [-0.2, -0.15) is 4.98 Å². The van der Waals surface area contributed by atoms with E-state index in [-0.39, 0.29) is 12.5 Å². The maximum absolute atomic E-state index is 8.85. The Balaban J connectivity index is 2.11. The zero-order valence-electron chi connectivity index (χ0n) is 9.01. The van der Waals surface area contributed by atoms with Gasteiger partial charge < -0.3 is 15.4 Å². The molecule has 0 aliphatic heterocycles. The molecule has 0 spiro atoms. The Morgan fingerprint density at radius 1 is 1.47 bits per heavy atom. The largest absolute Gasteiger partial charge is 0.394 e. The molecule has 0 fully saturated rings. The topological polar surface area (TPSA) is 85.2 Å². The van der Waals surface area contributed by atoms with Crippen molar-refractivity contribution in [1.82, 2.24) is 10.1 Å². The molecule has 0 aliphatic rings. The van der Waals surface area contributed by atoms with Crippen LogP contribution in [0.4, 0.5) is 0 Å². The second kappa shape index (κ2) is 5.27. The summed E-state index contributed by atoms with van der Waals surface area (Å²) in [7, 11) is 0. The molecule has 3 N–H and O–H groups in total. The van der Waals surface area contributed by atoms with E-state index in [1.165, 1.54) is 0 Å². The molecule has 2 rings (SSSR count). The Kier molecular flexibility index (Phi) is 3.73. The number of nitrogens with zero attached hydrogens (tertiary/aromatic N) is 2. The number of aliphatic hydroxyl groups is 1. The third kappa shape index (κ3) is 3.03. The summed E-state index contributed by atoms with van der Waals surface area (Å²) in [6.07, 6.45) is 0.516. The van der Waals surface area contributed by atoms with E-state index < -0.39 is 6.04 Å². The lowest BCUT2D eigenvalue weighted by molar-refractivity contribution is 0.236. The summed E-state index contributed by atoms with van der Waals surface area (Å²) in [5.41, 5.74) is 6.55. The number of nitrogens with two attached hydrogens (primary N) is 1. The van der Waals surface area contributed by atoms with Crippen LogP contribution in [-0.4, -0.2) is 21.9 Å². The first kappa shape index (κ1) is 12.0. The molecule has 1 atom stereocenters. The number of aliphatic hydroxyl groups excluding tert-OH is 1. The minimum absolute atomic E-state index is 0.223. The van der Waals surface area contributed by atoms with Crippen LogP contribution in [0.5, 0.6) is 0 Å². The number of aromatic nitrogens is 2. The van der Waals surface area contributed by atoms with Crippen LogP contribution >= 0.6 is 11.6 Å². The molecule has 2 aromatic rings. The number of halogens is 1. The fraction of sp³-hybridized carbons (Fsp3) is 0.273. The molecule has 1 aromatic heterocycles. The lowest BCUT2D eigenvalue weighted by Gasteiger charge is -1.99. The Labute approximate surface area is 103 Å². The van der Waals surface area contributed by atoms with Crippen LogP contribution in [-0.2, 0) is 6.42 Å². The van der Waals surface area contributed by atoms with Crippen molar-refractivity contribution in [3.8, 4) is 0 Å². The van der Waals surface area contributed by atoms with Crippen LogP contribution in [0.2, 0.25) is 5.02 Å². The molecule has 1 heterocycles.